The standard InChI is InChI=1S/C20H21ClFN7/c1-28(2)19-17(27-26-16-9-5-13(21)6-10-16)18(24-20(25-19)29(3)4)23-15-11-7-14(22)8-12-15/h5-12H,1-4H3,(H,23,24,25). The number of nitrogens with zero attached hydrogens (tertiary/aromatic N) is 6. The molecule has 0 fully saturated rings. The van der Waals surface area contributed by atoms with Crippen LogP contribution in [0.15, 0.2) is 58.8 Å². The third-order valence-corrected chi connectivity index (χ3v) is 4.13. The summed E-state index contributed by atoms with van der Waals surface area (Å²) >= 11 is 5.93. The highest BCUT2D eigenvalue weighted by Gasteiger charge is 2.18. The molecule has 0 saturated carbocycles. The van der Waals surface area contributed by atoms with Gasteiger partial charge in [-0.1, -0.05) is 11.6 Å². The van der Waals surface area contributed by atoms with Crippen LogP contribution < -0.4 is 15.1 Å². The lowest BCUT2D eigenvalue weighted by molar-refractivity contribution is 0.628. The molecule has 0 spiro atoms. The fraction of sp³-hybridized carbons (Fsp3) is 0.200. The van der Waals surface area contributed by atoms with Gasteiger partial charge in [0.25, 0.3) is 0 Å². The summed E-state index contributed by atoms with van der Waals surface area (Å²) in [6, 6.07) is 13.0. The van der Waals surface area contributed by atoms with Crippen LogP contribution in [0.1, 0.15) is 0 Å². The van der Waals surface area contributed by atoms with E-state index in [9.17, 15) is 4.39 Å². The first kappa shape index (κ1) is 20.5. The van der Waals surface area contributed by atoms with Gasteiger partial charge in [0.1, 0.15) is 5.82 Å². The van der Waals surface area contributed by atoms with Crippen molar-refractivity contribution in [3.63, 3.8) is 0 Å². The molecule has 0 aliphatic heterocycles. The molecular formula is C20H21ClFN7. The zero-order valence-corrected chi connectivity index (χ0v) is 17.3. The summed E-state index contributed by atoms with van der Waals surface area (Å²) in [4.78, 5) is 12.8. The summed E-state index contributed by atoms with van der Waals surface area (Å²) in [6.07, 6.45) is 0. The number of azo groups is 1. The Morgan fingerprint density at radius 2 is 1.52 bits per heavy atom. The van der Waals surface area contributed by atoms with E-state index in [1.807, 2.05) is 33.1 Å². The topological polar surface area (TPSA) is 69.0 Å². The largest absolute Gasteiger partial charge is 0.361 e. The van der Waals surface area contributed by atoms with Crippen molar-refractivity contribution in [1.29, 1.82) is 0 Å². The third-order valence-electron chi connectivity index (χ3n) is 3.88. The Balaban J connectivity index is 2.09. The number of aromatic nitrogens is 2. The highest BCUT2D eigenvalue weighted by molar-refractivity contribution is 6.30. The van der Waals surface area contributed by atoms with Crippen LogP contribution in [0.3, 0.4) is 0 Å². The number of nitrogens with one attached hydrogen (secondary N) is 1. The van der Waals surface area contributed by atoms with Crippen molar-refractivity contribution in [1.82, 2.24) is 9.97 Å². The van der Waals surface area contributed by atoms with Crippen molar-refractivity contribution in [3.05, 3.63) is 59.4 Å². The van der Waals surface area contributed by atoms with Crippen molar-refractivity contribution in [2.24, 2.45) is 10.2 Å². The predicted molar refractivity (Wildman–Crippen MR) is 116 cm³/mol. The van der Waals surface area contributed by atoms with Gasteiger partial charge in [-0.05, 0) is 48.5 Å². The summed E-state index contributed by atoms with van der Waals surface area (Å²) in [5.74, 6) is 1.23. The molecule has 0 bridgehead atoms. The molecule has 1 heterocycles. The maximum Gasteiger partial charge on any atom is 0.228 e. The van der Waals surface area contributed by atoms with Crippen LogP contribution >= 0.6 is 11.6 Å². The molecule has 0 unspecified atom stereocenters. The number of hydrogen-bond donors (Lipinski definition) is 1. The Labute approximate surface area is 173 Å². The Hall–Kier alpha value is -3.26. The van der Waals surface area contributed by atoms with E-state index in [4.69, 9.17) is 11.6 Å². The molecule has 1 N–H and O–H groups in total. The lowest BCUT2D eigenvalue weighted by Gasteiger charge is -2.20. The van der Waals surface area contributed by atoms with E-state index in [-0.39, 0.29) is 5.82 Å². The van der Waals surface area contributed by atoms with Crippen LogP contribution in [-0.4, -0.2) is 38.2 Å². The molecule has 0 aliphatic rings. The smallest absolute Gasteiger partial charge is 0.228 e. The van der Waals surface area contributed by atoms with Gasteiger partial charge in [-0.15, -0.1) is 5.11 Å². The molecule has 1 aromatic heterocycles. The fourth-order valence-corrected chi connectivity index (χ4v) is 2.53. The Morgan fingerprint density at radius 1 is 0.862 bits per heavy atom. The summed E-state index contributed by atoms with van der Waals surface area (Å²) < 4.78 is 13.3. The molecule has 7 nitrogen and oxygen atoms in total. The van der Waals surface area contributed by atoms with Crippen LogP contribution in [0.4, 0.5) is 39.0 Å². The molecule has 0 amide bonds. The Bertz CT molecular complexity index is 1000. The minimum absolute atomic E-state index is 0.316. The monoisotopic (exact) mass is 413 g/mol. The fourth-order valence-electron chi connectivity index (χ4n) is 2.41. The number of anilines is 4. The molecule has 0 saturated heterocycles. The molecule has 3 aromatic rings. The van der Waals surface area contributed by atoms with E-state index in [2.05, 4.69) is 25.5 Å². The zero-order valence-electron chi connectivity index (χ0n) is 16.6. The molecule has 29 heavy (non-hydrogen) atoms. The van der Waals surface area contributed by atoms with Crippen molar-refractivity contribution in [2.75, 3.05) is 43.3 Å². The van der Waals surface area contributed by atoms with Crippen LogP contribution in [0.5, 0.6) is 0 Å². The SMILES string of the molecule is CN(C)c1nc(Nc2ccc(F)cc2)c(N=Nc2ccc(Cl)cc2)c(N(C)C)n1. The van der Waals surface area contributed by atoms with Gasteiger partial charge in [0.2, 0.25) is 5.95 Å². The van der Waals surface area contributed by atoms with Crippen LogP contribution in [-0.2, 0) is 0 Å². The highest BCUT2D eigenvalue weighted by atomic mass is 35.5. The first-order chi connectivity index (χ1) is 13.8. The minimum Gasteiger partial charge on any atom is -0.361 e. The molecular weight excluding hydrogens is 393 g/mol. The molecule has 0 radical (unpaired) electrons. The zero-order chi connectivity index (χ0) is 21.0. The third kappa shape index (κ3) is 5.17. The van der Waals surface area contributed by atoms with E-state index in [0.29, 0.717) is 39.7 Å². The van der Waals surface area contributed by atoms with E-state index >= 15 is 0 Å². The lowest BCUT2D eigenvalue weighted by atomic mass is 10.3. The van der Waals surface area contributed by atoms with Gasteiger partial charge in [0.05, 0.1) is 5.69 Å². The van der Waals surface area contributed by atoms with E-state index in [1.165, 1.54) is 12.1 Å². The van der Waals surface area contributed by atoms with Crippen molar-refractivity contribution in [3.8, 4) is 0 Å². The van der Waals surface area contributed by atoms with Crippen molar-refractivity contribution in [2.45, 2.75) is 0 Å². The predicted octanol–water partition coefficient (Wildman–Crippen LogP) is 5.56. The number of rotatable bonds is 6. The van der Waals surface area contributed by atoms with Crippen molar-refractivity contribution >= 4 is 46.2 Å². The normalized spacial score (nSPS) is 11.0. The average Bonchev–Trinajstić information content (AvgIpc) is 2.69. The molecule has 150 valence electrons. The van der Waals surface area contributed by atoms with E-state index in [0.717, 1.165) is 0 Å². The summed E-state index contributed by atoms with van der Waals surface area (Å²) in [5.41, 5.74) is 1.77. The average molecular weight is 414 g/mol. The van der Waals surface area contributed by atoms with Gasteiger partial charge in [-0.2, -0.15) is 15.1 Å². The molecule has 9 heteroatoms. The second kappa shape index (κ2) is 8.83. The van der Waals surface area contributed by atoms with Gasteiger partial charge in [-0.3, -0.25) is 0 Å². The maximum atomic E-state index is 13.3. The maximum absolute atomic E-state index is 13.3. The number of hydrogen-bond acceptors (Lipinski definition) is 7. The molecule has 0 aliphatic carbocycles. The van der Waals surface area contributed by atoms with Gasteiger partial charge in [0.15, 0.2) is 17.3 Å². The van der Waals surface area contributed by atoms with Crippen molar-refractivity contribution < 1.29 is 4.39 Å². The van der Waals surface area contributed by atoms with E-state index in [1.54, 1.807) is 41.3 Å². The first-order valence-corrected chi connectivity index (χ1v) is 9.18. The Kier molecular flexibility index (Phi) is 6.23. The highest BCUT2D eigenvalue weighted by Crippen LogP contribution is 2.37. The molecule has 0 atom stereocenters. The number of benzene rings is 2. The molecule has 3 rings (SSSR count). The van der Waals surface area contributed by atoms with Crippen LogP contribution in [0.2, 0.25) is 5.02 Å². The van der Waals surface area contributed by atoms with Gasteiger partial charge in [-0.25, -0.2) is 4.39 Å². The van der Waals surface area contributed by atoms with Crippen LogP contribution in [0, 0.1) is 5.82 Å². The van der Waals surface area contributed by atoms with Gasteiger partial charge < -0.3 is 15.1 Å². The summed E-state index contributed by atoms with van der Waals surface area (Å²) in [5, 5.41) is 12.5. The Morgan fingerprint density at radius 3 is 2.10 bits per heavy atom. The first-order valence-electron chi connectivity index (χ1n) is 8.80. The summed E-state index contributed by atoms with van der Waals surface area (Å²) in [7, 11) is 7.44. The summed E-state index contributed by atoms with van der Waals surface area (Å²) in [6.45, 7) is 0. The second-order valence-electron chi connectivity index (χ2n) is 6.64. The second-order valence-corrected chi connectivity index (χ2v) is 7.08. The quantitative estimate of drug-likeness (QED) is 0.536. The van der Waals surface area contributed by atoms with Gasteiger partial charge >= 0.3 is 0 Å². The van der Waals surface area contributed by atoms with E-state index < -0.39 is 0 Å². The minimum atomic E-state index is -0.316. The molecule has 2 aromatic carbocycles. The lowest BCUT2D eigenvalue weighted by Crippen LogP contribution is -2.18. The number of halogens is 2. The van der Waals surface area contributed by atoms with Gasteiger partial charge in [0, 0.05) is 38.9 Å². The van der Waals surface area contributed by atoms with Crippen LogP contribution in [0.25, 0.3) is 0 Å².